The van der Waals surface area contributed by atoms with Crippen molar-refractivity contribution in [3.05, 3.63) is 24.3 Å². The Hall–Kier alpha value is -1.05. The monoisotopic (exact) mass is 266 g/mol. The predicted octanol–water partition coefficient (Wildman–Crippen LogP) is 5.05. The standard InChI is InChI=1S/C17H30O2/c1-6-7-8-9-10-11-12-13-14-15(2)16(18)19-17(3,4)5/h7-8,10-11,15H,6,9,12-14H2,1-5H3. The minimum Gasteiger partial charge on any atom is -0.460 e. The predicted molar refractivity (Wildman–Crippen MR) is 82.0 cm³/mol. The van der Waals surface area contributed by atoms with Gasteiger partial charge in [-0.05, 0) is 52.9 Å². The summed E-state index contributed by atoms with van der Waals surface area (Å²) in [5, 5.41) is 0. The van der Waals surface area contributed by atoms with E-state index in [0.29, 0.717) is 0 Å². The molecule has 0 aliphatic carbocycles. The van der Waals surface area contributed by atoms with Crippen LogP contribution in [-0.2, 0) is 9.53 Å². The molecule has 0 amide bonds. The second kappa shape index (κ2) is 9.82. The van der Waals surface area contributed by atoms with Crippen LogP contribution < -0.4 is 0 Å². The van der Waals surface area contributed by atoms with Crippen LogP contribution in [0.3, 0.4) is 0 Å². The number of unbranched alkanes of at least 4 members (excludes halogenated alkanes) is 1. The van der Waals surface area contributed by atoms with Crippen LogP contribution in [0.15, 0.2) is 24.3 Å². The molecule has 0 aromatic carbocycles. The summed E-state index contributed by atoms with van der Waals surface area (Å²) in [6.07, 6.45) is 13.8. The Morgan fingerprint density at radius 1 is 1.16 bits per heavy atom. The molecule has 0 aliphatic rings. The van der Waals surface area contributed by atoms with Gasteiger partial charge in [-0.1, -0.05) is 38.2 Å². The van der Waals surface area contributed by atoms with E-state index < -0.39 is 0 Å². The second-order valence-corrected chi connectivity index (χ2v) is 5.95. The van der Waals surface area contributed by atoms with Crippen molar-refractivity contribution >= 4 is 5.97 Å². The molecule has 1 atom stereocenters. The third kappa shape index (κ3) is 11.8. The fourth-order valence-electron chi connectivity index (χ4n) is 1.62. The lowest BCUT2D eigenvalue weighted by molar-refractivity contribution is -0.159. The Kier molecular flexibility index (Phi) is 9.28. The van der Waals surface area contributed by atoms with Crippen molar-refractivity contribution in [2.45, 2.75) is 72.3 Å². The lowest BCUT2D eigenvalue weighted by Crippen LogP contribution is -2.27. The quantitative estimate of drug-likeness (QED) is 0.349. The van der Waals surface area contributed by atoms with E-state index in [4.69, 9.17) is 4.74 Å². The fraction of sp³-hybridized carbons (Fsp3) is 0.706. The molecule has 0 aromatic heterocycles. The maximum absolute atomic E-state index is 11.7. The molecule has 2 heteroatoms. The van der Waals surface area contributed by atoms with Gasteiger partial charge < -0.3 is 4.74 Å². The number of hydrogen-bond donors (Lipinski definition) is 0. The van der Waals surface area contributed by atoms with Crippen LogP contribution in [0.5, 0.6) is 0 Å². The maximum Gasteiger partial charge on any atom is 0.309 e. The highest BCUT2D eigenvalue weighted by Gasteiger charge is 2.20. The van der Waals surface area contributed by atoms with Crippen molar-refractivity contribution < 1.29 is 9.53 Å². The minimum absolute atomic E-state index is 0.00684. The molecule has 0 spiro atoms. The highest BCUT2D eigenvalue weighted by molar-refractivity contribution is 5.72. The number of carbonyl (C=O) groups excluding carboxylic acids is 1. The molecule has 110 valence electrons. The first-order chi connectivity index (χ1) is 8.87. The molecule has 0 rings (SSSR count). The molecule has 0 bridgehead atoms. The highest BCUT2D eigenvalue weighted by atomic mass is 16.6. The van der Waals surface area contributed by atoms with Gasteiger partial charge in [0.25, 0.3) is 0 Å². The zero-order valence-corrected chi connectivity index (χ0v) is 13.2. The summed E-state index contributed by atoms with van der Waals surface area (Å²) >= 11 is 0. The van der Waals surface area contributed by atoms with E-state index in [1.807, 2.05) is 27.7 Å². The van der Waals surface area contributed by atoms with Crippen molar-refractivity contribution in [3.63, 3.8) is 0 Å². The van der Waals surface area contributed by atoms with Gasteiger partial charge in [-0.3, -0.25) is 4.79 Å². The molecule has 0 aliphatic heterocycles. The van der Waals surface area contributed by atoms with Gasteiger partial charge in [0.15, 0.2) is 0 Å². The molecule has 19 heavy (non-hydrogen) atoms. The van der Waals surface area contributed by atoms with E-state index in [9.17, 15) is 4.79 Å². The molecule has 0 saturated carbocycles. The third-order valence-electron chi connectivity index (χ3n) is 2.66. The Morgan fingerprint density at radius 3 is 2.37 bits per heavy atom. The number of esters is 1. The second-order valence-electron chi connectivity index (χ2n) is 5.95. The van der Waals surface area contributed by atoms with Crippen LogP contribution in [0.25, 0.3) is 0 Å². The molecule has 2 nitrogen and oxygen atoms in total. The van der Waals surface area contributed by atoms with Crippen LogP contribution in [0.2, 0.25) is 0 Å². The topological polar surface area (TPSA) is 26.3 Å². The van der Waals surface area contributed by atoms with Gasteiger partial charge in [-0.25, -0.2) is 0 Å². The number of hydrogen-bond acceptors (Lipinski definition) is 2. The van der Waals surface area contributed by atoms with E-state index in [-0.39, 0.29) is 17.5 Å². The molecule has 0 N–H and O–H groups in total. The molecular formula is C17H30O2. The third-order valence-corrected chi connectivity index (χ3v) is 2.66. The van der Waals surface area contributed by atoms with Gasteiger partial charge in [-0.2, -0.15) is 0 Å². The zero-order chi connectivity index (χ0) is 14.7. The van der Waals surface area contributed by atoms with Crippen molar-refractivity contribution in [3.8, 4) is 0 Å². The normalized spacial score (nSPS) is 14.2. The number of carbonyl (C=O) groups is 1. The van der Waals surface area contributed by atoms with Crippen LogP contribution in [0.4, 0.5) is 0 Å². The van der Waals surface area contributed by atoms with Crippen LogP contribution in [0, 0.1) is 5.92 Å². The van der Waals surface area contributed by atoms with Gasteiger partial charge in [0.2, 0.25) is 0 Å². The van der Waals surface area contributed by atoms with Crippen LogP contribution >= 0.6 is 0 Å². The summed E-state index contributed by atoms with van der Waals surface area (Å²) < 4.78 is 5.36. The fourth-order valence-corrected chi connectivity index (χ4v) is 1.62. The summed E-state index contributed by atoms with van der Waals surface area (Å²) in [5.74, 6) is -0.0880. The molecule has 0 radical (unpaired) electrons. The molecule has 1 unspecified atom stereocenters. The number of ether oxygens (including phenoxy) is 1. The maximum atomic E-state index is 11.7. The largest absolute Gasteiger partial charge is 0.460 e. The van der Waals surface area contributed by atoms with E-state index >= 15 is 0 Å². The average Bonchev–Trinajstić information content (AvgIpc) is 2.30. The Balaban J connectivity index is 3.71. The lowest BCUT2D eigenvalue weighted by atomic mass is 10.0. The van der Waals surface area contributed by atoms with Crippen molar-refractivity contribution in [2.75, 3.05) is 0 Å². The first kappa shape index (κ1) is 17.9. The minimum atomic E-state index is -0.378. The van der Waals surface area contributed by atoms with Gasteiger partial charge in [-0.15, -0.1) is 0 Å². The lowest BCUT2D eigenvalue weighted by Gasteiger charge is -2.22. The van der Waals surface area contributed by atoms with Gasteiger partial charge >= 0.3 is 5.97 Å². The highest BCUT2D eigenvalue weighted by Crippen LogP contribution is 2.15. The smallest absolute Gasteiger partial charge is 0.309 e. The molecular weight excluding hydrogens is 236 g/mol. The summed E-state index contributed by atoms with van der Waals surface area (Å²) in [6.45, 7) is 9.80. The first-order valence-corrected chi connectivity index (χ1v) is 7.39. The van der Waals surface area contributed by atoms with Crippen molar-refractivity contribution in [1.29, 1.82) is 0 Å². The van der Waals surface area contributed by atoms with Crippen molar-refractivity contribution in [1.82, 2.24) is 0 Å². The Bertz CT molecular complexity index is 295. The average molecular weight is 266 g/mol. The van der Waals surface area contributed by atoms with Gasteiger partial charge in [0, 0.05) is 0 Å². The van der Waals surface area contributed by atoms with E-state index in [1.165, 1.54) is 0 Å². The van der Waals surface area contributed by atoms with Crippen LogP contribution in [0.1, 0.15) is 66.7 Å². The zero-order valence-electron chi connectivity index (χ0n) is 13.2. The van der Waals surface area contributed by atoms with Crippen LogP contribution in [-0.4, -0.2) is 11.6 Å². The number of rotatable bonds is 8. The molecule has 0 heterocycles. The van der Waals surface area contributed by atoms with E-state index in [1.54, 1.807) is 0 Å². The number of allylic oxidation sites excluding steroid dienone is 4. The van der Waals surface area contributed by atoms with E-state index in [0.717, 1.165) is 32.1 Å². The molecule has 0 saturated heterocycles. The summed E-state index contributed by atoms with van der Waals surface area (Å²) in [4.78, 5) is 11.7. The molecule has 0 fully saturated rings. The van der Waals surface area contributed by atoms with Gasteiger partial charge in [0.05, 0.1) is 5.92 Å². The Morgan fingerprint density at radius 2 is 1.79 bits per heavy atom. The SMILES string of the molecule is CCC=CCC=CCCCC(C)C(=O)OC(C)(C)C. The summed E-state index contributed by atoms with van der Waals surface area (Å²) in [5.41, 5.74) is -0.378. The Labute approximate surface area is 118 Å². The summed E-state index contributed by atoms with van der Waals surface area (Å²) in [6, 6.07) is 0. The summed E-state index contributed by atoms with van der Waals surface area (Å²) in [7, 11) is 0. The van der Waals surface area contributed by atoms with Crippen molar-refractivity contribution in [2.24, 2.45) is 5.92 Å². The first-order valence-electron chi connectivity index (χ1n) is 7.39. The van der Waals surface area contributed by atoms with E-state index in [2.05, 4.69) is 31.2 Å². The molecule has 0 aromatic rings. The van der Waals surface area contributed by atoms with Gasteiger partial charge in [0.1, 0.15) is 5.60 Å².